The molecule has 3 rings (SSSR count). The second-order valence-corrected chi connectivity index (χ2v) is 6.68. The van der Waals surface area contributed by atoms with E-state index in [-0.39, 0.29) is 5.60 Å². The van der Waals surface area contributed by atoms with Gasteiger partial charge < -0.3 is 10.1 Å². The summed E-state index contributed by atoms with van der Waals surface area (Å²) in [5, 5.41) is 15.2. The quantitative estimate of drug-likeness (QED) is 0.908. The van der Waals surface area contributed by atoms with Crippen LogP contribution in [0.1, 0.15) is 31.7 Å². The molecule has 22 heavy (non-hydrogen) atoms. The zero-order chi connectivity index (χ0) is 15.7. The minimum atomic E-state index is -0.388. The summed E-state index contributed by atoms with van der Waals surface area (Å²) in [6.07, 6.45) is 3.49. The van der Waals surface area contributed by atoms with Crippen molar-refractivity contribution in [1.29, 1.82) is 0 Å². The van der Waals surface area contributed by atoms with Crippen molar-refractivity contribution in [3.8, 4) is 0 Å². The summed E-state index contributed by atoms with van der Waals surface area (Å²) in [7, 11) is 3.79. The maximum Gasteiger partial charge on any atom is 0.119 e. The number of hydrogen-bond acceptors (Lipinski definition) is 4. The average Bonchev–Trinajstić information content (AvgIpc) is 2.96. The number of aromatic nitrogens is 3. The normalized spacial score (nSPS) is 29.1. The van der Waals surface area contributed by atoms with Crippen molar-refractivity contribution in [2.75, 3.05) is 20.7 Å². The highest BCUT2D eigenvalue weighted by molar-refractivity contribution is 6.31. The van der Waals surface area contributed by atoms with Crippen molar-refractivity contribution < 1.29 is 4.74 Å². The third-order valence-corrected chi connectivity index (χ3v) is 5.35. The zero-order valence-electron chi connectivity index (χ0n) is 13.3. The molecule has 0 aliphatic heterocycles. The molecule has 1 aliphatic carbocycles. The van der Waals surface area contributed by atoms with Crippen LogP contribution in [0.5, 0.6) is 0 Å². The van der Waals surface area contributed by atoms with Crippen LogP contribution in [0.3, 0.4) is 0 Å². The van der Waals surface area contributed by atoms with Crippen molar-refractivity contribution in [2.45, 2.75) is 31.8 Å². The van der Waals surface area contributed by atoms with Gasteiger partial charge in [0.2, 0.25) is 0 Å². The summed E-state index contributed by atoms with van der Waals surface area (Å²) in [6.45, 7) is 3.17. The Bertz CT molecular complexity index is 657. The molecule has 0 bridgehead atoms. The summed E-state index contributed by atoms with van der Waals surface area (Å²) < 4.78 is 6.19. The molecule has 2 N–H and O–H groups in total. The van der Waals surface area contributed by atoms with E-state index in [9.17, 15) is 0 Å². The molecule has 1 saturated carbocycles. The number of nitrogens with zero attached hydrogens (tertiary/aromatic N) is 2. The first-order chi connectivity index (χ1) is 10.6. The largest absolute Gasteiger partial charge is 0.373 e. The predicted molar refractivity (Wildman–Crippen MR) is 88.0 cm³/mol. The van der Waals surface area contributed by atoms with E-state index in [0.29, 0.717) is 16.9 Å². The summed E-state index contributed by atoms with van der Waals surface area (Å²) in [5.74, 6) is 0.771. The van der Waals surface area contributed by atoms with Gasteiger partial charge in [0.15, 0.2) is 0 Å². The molecule has 0 amide bonds. The highest BCUT2D eigenvalue weighted by atomic mass is 35.5. The highest BCUT2D eigenvalue weighted by Gasteiger charge is 2.48. The topological polar surface area (TPSA) is 62.8 Å². The molecule has 3 unspecified atom stereocenters. The molecular weight excluding hydrogens is 300 g/mol. The lowest BCUT2D eigenvalue weighted by Gasteiger charge is -2.48. The maximum absolute atomic E-state index is 6.34. The zero-order valence-corrected chi connectivity index (χ0v) is 14.1. The van der Waals surface area contributed by atoms with E-state index in [1.165, 1.54) is 6.42 Å². The molecule has 0 saturated heterocycles. The predicted octanol–water partition coefficient (Wildman–Crippen LogP) is 3.11. The number of benzene rings is 1. The van der Waals surface area contributed by atoms with Gasteiger partial charge in [0, 0.05) is 30.2 Å². The molecule has 1 aliphatic rings. The Balaban J connectivity index is 2.23. The monoisotopic (exact) mass is 322 g/mol. The van der Waals surface area contributed by atoms with Gasteiger partial charge in [-0.1, -0.05) is 30.2 Å². The van der Waals surface area contributed by atoms with Gasteiger partial charge in [0.05, 0.1) is 5.52 Å². The number of methoxy groups -OCH3 is 1. The molecule has 1 heterocycles. The third-order valence-electron chi connectivity index (χ3n) is 5.13. The number of rotatable bonds is 4. The average molecular weight is 323 g/mol. The van der Waals surface area contributed by atoms with Crippen LogP contribution in [0.2, 0.25) is 5.02 Å². The van der Waals surface area contributed by atoms with Crippen LogP contribution in [-0.4, -0.2) is 36.1 Å². The van der Waals surface area contributed by atoms with E-state index >= 15 is 0 Å². The van der Waals surface area contributed by atoms with Gasteiger partial charge in [-0.3, -0.25) is 5.10 Å². The van der Waals surface area contributed by atoms with Crippen LogP contribution in [0.25, 0.3) is 11.0 Å². The highest BCUT2D eigenvalue weighted by Crippen LogP contribution is 2.49. The summed E-state index contributed by atoms with van der Waals surface area (Å²) in [6, 6.07) is 3.87. The molecule has 1 fully saturated rings. The van der Waals surface area contributed by atoms with Crippen molar-refractivity contribution in [1.82, 2.24) is 20.7 Å². The van der Waals surface area contributed by atoms with E-state index in [4.69, 9.17) is 16.3 Å². The van der Waals surface area contributed by atoms with E-state index in [0.717, 1.165) is 36.0 Å². The first-order valence-corrected chi connectivity index (χ1v) is 8.21. The number of hydrogen-bond donors (Lipinski definition) is 2. The lowest BCUT2D eigenvalue weighted by Crippen LogP contribution is -2.49. The van der Waals surface area contributed by atoms with Gasteiger partial charge in [-0.25, -0.2) is 0 Å². The molecule has 1 aromatic heterocycles. The lowest BCUT2D eigenvalue weighted by molar-refractivity contribution is -0.124. The van der Waals surface area contributed by atoms with E-state index in [2.05, 4.69) is 27.7 Å². The molecule has 6 heteroatoms. The second-order valence-electron chi connectivity index (χ2n) is 6.25. The number of nitrogens with one attached hydrogen (secondary N) is 2. The van der Waals surface area contributed by atoms with Crippen molar-refractivity contribution >= 4 is 22.6 Å². The fraction of sp³-hybridized carbons (Fsp3) is 0.625. The number of H-pyrrole nitrogens is 1. The van der Waals surface area contributed by atoms with Crippen molar-refractivity contribution in [3.63, 3.8) is 0 Å². The molecule has 2 aromatic rings. The molecule has 3 atom stereocenters. The van der Waals surface area contributed by atoms with E-state index < -0.39 is 0 Å². The molecule has 120 valence electrons. The first kappa shape index (κ1) is 15.7. The smallest absolute Gasteiger partial charge is 0.119 e. The van der Waals surface area contributed by atoms with Crippen LogP contribution in [0, 0.1) is 11.8 Å². The minimum absolute atomic E-state index is 0.379. The Morgan fingerprint density at radius 1 is 1.45 bits per heavy atom. The Morgan fingerprint density at radius 2 is 2.27 bits per heavy atom. The van der Waals surface area contributed by atoms with Gasteiger partial charge in [-0.2, -0.15) is 0 Å². The van der Waals surface area contributed by atoms with E-state index in [1.54, 1.807) is 7.11 Å². The van der Waals surface area contributed by atoms with Crippen molar-refractivity contribution in [2.24, 2.45) is 11.8 Å². The minimum Gasteiger partial charge on any atom is -0.373 e. The SMILES string of the molecule is CNCC1CCCC(C)C1(OC)c1cc(Cl)cc2[nH]nnc12. The fourth-order valence-corrected chi connectivity index (χ4v) is 4.40. The molecular formula is C16H23ClN4O. The Kier molecular flexibility index (Phi) is 4.39. The Morgan fingerprint density at radius 3 is 3.00 bits per heavy atom. The number of aromatic amines is 1. The molecule has 0 radical (unpaired) electrons. The number of fused-ring (bicyclic) bond motifs is 1. The third kappa shape index (κ3) is 2.32. The van der Waals surface area contributed by atoms with Crippen LogP contribution < -0.4 is 5.32 Å². The fourth-order valence-electron chi connectivity index (χ4n) is 4.18. The standard InChI is InChI=1S/C16H23ClN4O/c1-10-5-4-6-11(9-18-2)16(10,22-3)13-7-12(17)8-14-15(13)20-21-19-14/h7-8,10-11,18H,4-6,9H2,1-3H3,(H,19,20,21). The lowest BCUT2D eigenvalue weighted by atomic mass is 9.65. The Labute approximate surface area is 135 Å². The van der Waals surface area contributed by atoms with E-state index in [1.807, 2.05) is 19.2 Å². The molecule has 1 aromatic carbocycles. The van der Waals surface area contributed by atoms with Gasteiger partial charge in [-0.05, 0) is 37.9 Å². The summed E-state index contributed by atoms with van der Waals surface area (Å²) in [5.41, 5.74) is 2.39. The number of ether oxygens (including phenoxy) is 1. The summed E-state index contributed by atoms with van der Waals surface area (Å²) in [4.78, 5) is 0. The maximum atomic E-state index is 6.34. The number of halogens is 1. The second kappa shape index (κ2) is 6.14. The van der Waals surface area contributed by atoms with Crippen molar-refractivity contribution in [3.05, 3.63) is 22.7 Å². The Hall–Kier alpha value is -1.17. The van der Waals surface area contributed by atoms with Gasteiger partial charge in [0.1, 0.15) is 11.1 Å². The van der Waals surface area contributed by atoms with Crippen LogP contribution in [0.4, 0.5) is 0 Å². The van der Waals surface area contributed by atoms with Crippen LogP contribution in [-0.2, 0) is 10.3 Å². The van der Waals surface area contributed by atoms with Crippen LogP contribution in [0.15, 0.2) is 12.1 Å². The van der Waals surface area contributed by atoms with Crippen LogP contribution >= 0.6 is 11.6 Å². The van der Waals surface area contributed by atoms with Gasteiger partial charge in [-0.15, -0.1) is 5.10 Å². The molecule has 5 nitrogen and oxygen atoms in total. The summed E-state index contributed by atoms with van der Waals surface area (Å²) >= 11 is 6.34. The molecule has 0 spiro atoms. The van der Waals surface area contributed by atoms with Gasteiger partial charge >= 0.3 is 0 Å². The first-order valence-electron chi connectivity index (χ1n) is 7.84. The van der Waals surface area contributed by atoms with Gasteiger partial charge in [0.25, 0.3) is 0 Å².